The van der Waals surface area contributed by atoms with Gasteiger partial charge in [-0.3, -0.25) is 4.98 Å². The van der Waals surface area contributed by atoms with Gasteiger partial charge in [-0.2, -0.15) is 0 Å². The van der Waals surface area contributed by atoms with Crippen molar-refractivity contribution in [1.29, 1.82) is 0 Å². The molecule has 0 bridgehead atoms. The molecular weight excluding hydrogens is 372 g/mol. The van der Waals surface area contributed by atoms with Crippen molar-refractivity contribution in [2.45, 2.75) is 19.3 Å². The number of sulfone groups is 1. The minimum atomic E-state index is -3.12. The number of nitrogens with zero attached hydrogens (tertiary/aromatic N) is 2. The van der Waals surface area contributed by atoms with Gasteiger partial charge in [-0.25, -0.2) is 8.42 Å². The number of fused-ring (bicyclic) bond motifs is 1. The van der Waals surface area contributed by atoms with Gasteiger partial charge >= 0.3 is 0 Å². The first kappa shape index (κ1) is 18.9. The molecule has 0 N–H and O–H groups in total. The molecule has 0 saturated carbocycles. The molecule has 0 fully saturated rings. The Hall–Kier alpha value is -1.89. The molecule has 2 heterocycles. The highest BCUT2D eigenvalue weighted by Gasteiger charge is 2.18. The van der Waals surface area contributed by atoms with Crippen molar-refractivity contribution in [2.24, 2.45) is 7.05 Å². The smallest absolute Gasteiger partial charge is 0.154 e. The summed E-state index contributed by atoms with van der Waals surface area (Å²) < 4.78 is 31.4. The highest BCUT2D eigenvalue weighted by atomic mass is 35.5. The van der Waals surface area contributed by atoms with E-state index in [9.17, 15) is 8.42 Å². The van der Waals surface area contributed by atoms with Crippen molar-refractivity contribution in [1.82, 2.24) is 9.55 Å². The van der Waals surface area contributed by atoms with Crippen LogP contribution in [0.3, 0.4) is 0 Å². The minimum absolute atomic E-state index is 0.0142. The molecule has 7 heteroatoms. The largest absolute Gasteiger partial charge is 0.380 e. The van der Waals surface area contributed by atoms with Crippen LogP contribution in [-0.4, -0.2) is 30.8 Å². The fourth-order valence-corrected chi connectivity index (χ4v) is 4.23. The Bertz CT molecular complexity index is 1060. The van der Waals surface area contributed by atoms with Crippen LogP contribution in [0, 0.1) is 0 Å². The van der Waals surface area contributed by atoms with Gasteiger partial charge in [-0.05, 0) is 23.8 Å². The van der Waals surface area contributed by atoms with Gasteiger partial charge in [0.25, 0.3) is 0 Å². The van der Waals surface area contributed by atoms with Crippen molar-refractivity contribution in [3.05, 3.63) is 52.8 Å². The fourth-order valence-electron chi connectivity index (χ4n) is 3.20. The lowest BCUT2D eigenvalue weighted by atomic mass is 10.1. The predicted octanol–water partition coefficient (Wildman–Crippen LogP) is 3.97. The molecule has 2 aromatic heterocycles. The average Bonchev–Trinajstić information content (AvgIpc) is 2.87. The van der Waals surface area contributed by atoms with E-state index in [4.69, 9.17) is 16.3 Å². The highest BCUT2D eigenvalue weighted by molar-refractivity contribution is 7.90. The first-order chi connectivity index (χ1) is 12.4. The Balaban J connectivity index is 2.19. The lowest BCUT2D eigenvalue weighted by Crippen LogP contribution is -2.07. The first-order valence-electron chi connectivity index (χ1n) is 8.26. The highest BCUT2D eigenvalue weighted by Crippen LogP contribution is 2.35. The molecular formula is C19H21ClN2O3S. The number of aromatic nitrogens is 2. The Kier molecular flexibility index (Phi) is 5.37. The lowest BCUT2D eigenvalue weighted by Gasteiger charge is -2.10. The molecule has 3 rings (SSSR count). The summed E-state index contributed by atoms with van der Waals surface area (Å²) in [4.78, 5) is 4.26. The van der Waals surface area contributed by atoms with Crippen molar-refractivity contribution in [3.63, 3.8) is 0 Å². The van der Waals surface area contributed by atoms with Gasteiger partial charge in [0.1, 0.15) is 0 Å². The number of benzene rings is 1. The van der Waals surface area contributed by atoms with Crippen LogP contribution in [0.15, 0.2) is 36.7 Å². The molecule has 138 valence electrons. The van der Waals surface area contributed by atoms with E-state index in [-0.39, 0.29) is 11.5 Å². The van der Waals surface area contributed by atoms with E-state index in [0.29, 0.717) is 17.2 Å². The van der Waals surface area contributed by atoms with Crippen molar-refractivity contribution in [2.75, 3.05) is 12.9 Å². The first-order valence-corrected chi connectivity index (χ1v) is 10.5. The van der Waals surface area contributed by atoms with Crippen LogP contribution >= 0.6 is 11.6 Å². The third-order valence-corrected chi connectivity index (χ3v) is 6.34. The van der Waals surface area contributed by atoms with Crippen LogP contribution in [0.4, 0.5) is 0 Å². The number of ether oxygens (including phenoxy) is 1. The topological polar surface area (TPSA) is 61.2 Å². The second-order valence-electron chi connectivity index (χ2n) is 6.24. The van der Waals surface area contributed by atoms with Crippen molar-refractivity contribution in [3.8, 4) is 11.3 Å². The van der Waals surface area contributed by atoms with Gasteiger partial charge < -0.3 is 9.30 Å². The van der Waals surface area contributed by atoms with E-state index in [1.165, 1.54) is 0 Å². The van der Waals surface area contributed by atoms with Crippen LogP contribution in [0.1, 0.15) is 18.1 Å². The minimum Gasteiger partial charge on any atom is -0.380 e. The van der Waals surface area contributed by atoms with Crippen LogP contribution in [-0.2, 0) is 34.0 Å². The Labute approximate surface area is 158 Å². The molecule has 0 radical (unpaired) electrons. The van der Waals surface area contributed by atoms with Gasteiger partial charge in [-0.15, -0.1) is 0 Å². The van der Waals surface area contributed by atoms with E-state index in [0.717, 1.165) is 27.7 Å². The maximum atomic E-state index is 12.0. The number of hydrogen-bond donors (Lipinski definition) is 0. The number of aryl methyl sites for hydroxylation is 1. The Morgan fingerprint density at radius 3 is 2.69 bits per heavy atom. The standard InChI is InChI=1S/C19H21ClN2O3S/c1-4-26(23,24)12-13-7-14(10-21-9-13)19-17(11-25-3)16-6-5-15(20)8-18(16)22(19)2/h5-10H,4,11-12H2,1-3H3. The quantitative estimate of drug-likeness (QED) is 0.636. The summed E-state index contributed by atoms with van der Waals surface area (Å²) in [6.07, 6.45) is 3.35. The Morgan fingerprint density at radius 2 is 2.00 bits per heavy atom. The summed E-state index contributed by atoms with van der Waals surface area (Å²) in [5.74, 6) is 0.0956. The van der Waals surface area contributed by atoms with Crippen LogP contribution in [0.5, 0.6) is 0 Å². The second kappa shape index (κ2) is 7.39. The summed E-state index contributed by atoms with van der Waals surface area (Å²) in [5, 5.41) is 1.72. The van der Waals surface area contributed by atoms with E-state index in [2.05, 4.69) is 4.98 Å². The molecule has 0 atom stereocenters. The summed E-state index contributed by atoms with van der Waals surface area (Å²) in [5.41, 5.74) is 4.50. The van der Waals surface area contributed by atoms with Crippen LogP contribution in [0.2, 0.25) is 5.02 Å². The normalized spacial score (nSPS) is 12.0. The maximum Gasteiger partial charge on any atom is 0.154 e. The average molecular weight is 393 g/mol. The number of hydrogen-bond acceptors (Lipinski definition) is 4. The van der Waals surface area contributed by atoms with E-state index < -0.39 is 9.84 Å². The molecule has 26 heavy (non-hydrogen) atoms. The third-order valence-electron chi connectivity index (χ3n) is 4.45. The molecule has 0 aliphatic heterocycles. The van der Waals surface area contributed by atoms with Gasteiger partial charge in [0, 0.05) is 53.8 Å². The lowest BCUT2D eigenvalue weighted by molar-refractivity contribution is 0.186. The molecule has 0 aliphatic rings. The zero-order valence-corrected chi connectivity index (χ0v) is 16.6. The van der Waals surface area contributed by atoms with Crippen LogP contribution < -0.4 is 0 Å². The molecule has 3 aromatic rings. The summed E-state index contributed by atoms with van der Waals surface area (Å²) in [6.45, 7) is 2.09. The third kappa shape index (κ3) is 3.63. The van der Waals surface area contributed by atoms with E-state index >= 15 is 0 Å². The van der Waals surface area contributed by atoms with Gasteiger partial charge in [0.2, 0.25) is 0 Å². The summed E-state index contributed by atoms with van der Waals surface area (Å²) >= 11 is 6.17. The molecule has 0 unspecified atom stereocenters. The zero-order chi connectivity index (χ0) is 18.9. The monoisotopic (exact) mass is 392 g/mol. The molecule has 0 spiro atoms. The molecule has 1 aromatic carbocycles. The second-order valence-corrected chi connectivity index (χ2v) is 9.03. The molecule has 0 saturated heterocycles. The number of methoxy groups -OCH3 is 1. The summed E-state index contributed by atoms with van der Waals surface area (Å²) in [6, 6.07) is 7.64. The fraction of sp³-hybridized carbons (Fsp3) is 0.316. The van der Waals surface area contributed by atoms with Crippen molar-refractivity contribution >= 4 is 32.3 Å². The molecule has 0 aliphatic carbocycles. The zero-order valence-electron chi connectivity index (χ0n) is 15.0. The number of rotatable bonds is 6. The van der Waals surface area contributed by atoms with E-state index in [1.807, 2.05) is 35.9 Å². The molecule has 5 nitrogen and oxygen atoms in total. The maximum absolute atomic E-state index is 12.0. The van der Waals surface area contributed by atoms with Gasteiger partial charge in [0.15, 0.2) is 9.84 Å². The van der Waals surface area contributed by atoms with Crippen LogP contribution in [0.25, 0.3) is 22.2 Å². The van der Waals surface area contributed by atoms with Gasteiger partial charge in [0.05, 0.1) is 23.6 Å². The number of halogens is 1. The molecule has 0 amide bonds. The Morgan fingerprint density at radius 1 is 1.23 bits per heavy atom. The number of pyridine rings is 1. The summed E-state index contributed by atoms with van der Waals surface area (Å²) in [7, 11) is 0.494. The van der Waals surface area contributed by atoms with Gasteiger partial charge in [-0.1, -0.05) is 24.6 Å². The van der Waals surface area contributed by atoms with E-state index in [1.54, 1.807) is 26.4 Å². The SMILES string of the molecule is CCS(=O)(=O)Cc1cncc(-c2c(COC)c3ccc(Cl)cc3n2C)c1. The van der Waals surface area contributed by atoms with Crippen molar-refractivity contribution < 1.29 is 13.2 Å². The predicted molar refractivity (Wildman–Crippen MR) is 105 cm³/mol.